The van der Waals surface area contributed by atoms with Gasteiger partial charge >= 0.3 is 0 Å². The van der Waals surface area contributed by atoms with E-state index < -0.39 is 33.6 Å². The Bertz CT molecular complexity index is 1020. The van der Waals surface area contributed by atoms with Crippen LogP contribution in [0.4, 0.5) is 14.5 Å². The predicted octanol–water partition coefficient (Wildman–Crippen LogP) is 3.03. The first kappa shape index (κ1) is 23.1. The summed E-state index contributed by atoms with van der Waals surface area (Å²) < 4.78 is 52.2. The lowest BCUT2D eigenvalue weighted by molar-refractivity contribution is -0.122. The van der Waals surface area contributed by atoms with Gasteiger partial charge in [0.05, 0.1) is 11.9 Å². The Hall–Kier alpha value is -2.52. The van der Waals surface area contributed by atoms with E-state index in [4.69, 9.17) is 0 Å². The quantitative estimate of drug-likeness (QED) is 0.670. The minimum absolute atomic E-state index is 0.115. The second kappa shape index (κ2) is 9.74. The zero-order valence-electron chi connectivity index (χ0n) is 17.6. The molecule has 0 unspecified atom stereocenters. The van der Waals surface area contributed by atoms with Crippen molar-refractivity contribution >= 4 is 21.6 Å². The summed E-state index contributed by atoms with van der Waals surface area (Å²) in [6.45, 7) is 4.76. The topological polar surface area (TPSA) is 69.7 Å². The Kier molecular flexibility index (Phi) is 7.27. The van der Waals surface area contributed by atoms with Gasteiger partial charge < -0.3 is 5.32 Å². The van der Waals surface area contributed by atoms with Crippen molar-refractivity contribution in [3.8, 4) is 0 Å². The summed E-state index contributed by atoms with van der Waals surface area (Å²) in [7, 11) is -3.91. The second-order valence-corrected chi connectivity index (χ2v) is 9.71. The van der Waals surface area contributed by atoms with Gasteiger partial charge in [-0.1, -0.05) is 24.3 Å². The zero-order valence-corrected chi connectivity index (χ0v) is 18.5. The molecule has 0 saturated carbocycles. The molecule has 0 bridgehead atoms. The highest BCUT2D eigenvalue weighted by Crippen LogP contribution is 2.23. The number of hydrogen-bond acceptors (Lipinski definition) is 4. The van der Waals surface area contributed by atoms with Gasteiger partial charge in [0, 0.05) is 19.2 Å². The third-order valence-corrected chi connectivity index (χ3v) is 6.58. The number of anilines is 1. The maximum atomic E-state index is 13.6. The maximum Gasteiger partial charge on any atom is 0.243 e. The van der Waals surface area contributed by atoms with Crippen LogP contribution in [0.25, 0.3) is 0 Å². The fourth-order valence-electron chi connectivity index (χ4n) is 3.73. The van der Waals surface area contributed by atoms with Crippen molar-refractivity contribution in [3.63, 3.8) is 0 Å². The van der Waals surface area contributed by atoms with E-state index in [0.717, 1.165) is 54.0 Å². The monoisotopic (exact) mass is 451 g/mol. The Labute approximate surface area is 181 Å². The summed E-state index contributed by atoms with van der Waals surface area (Å²) in [6, 6.07) is 9.48. The lowest BCUT2D eigenvalue weighted by atomic mass is 10.1. The molecule has 1 atom stereocenters. The van der Waals surface area contributed by atoms with Gasteiger partial charge in [-0.3, -0.25) is 14.0 Å². The highest BCUT2D eigenvalue weighted by Gasteiger charge is 2.29. The Morgan fingerprint density at radius 1 is 1.06 bits per heavy atom. The van der Waals surface area contributed by atoms with Crippen molar-refractivity contribution in [3.05, 3.63) is 65.2 Å². The van der Waals surface area contributed by atoms with Gasteiger partial charge in [0.15, 0.2) is 11.6 Å². The molecule has 2 aromatic rings. The Balaban J connectivity index is 1.64. The van der Waals surface area contributed by atoms with Crippen LogP contribution in [0.3, 0.4) is 0 Å². The van der Waals surface area contributed by atoms with Crippen LogP contribution in [0.2, 0.25) is 0 Å². The third kappa shape index (κ3) is 6.01. The minimum Gasteiger partial charge on any atom is -0.350 e. The van der Waals surface area contributed by atoms with Crippen LogP contribution in [-0.4, -0.2) is 44.6 Å². The van der Waals surface area contributed by atoms with Crippen molar-refractivity contribution < 1.29 is 22.0 Å². The fourth-order valence-corrected chi connectivity index (χ4v) is 4.90. The van der Waals surface area contributed by atoms with Crippen LogP contribution in [-0.2, 0) is 27.9 Å². The molecule has 1 N–H and O–H groups in total. The standard InChI is InChI=1S/C22H27F2N3O3S/c1-16(27(31(2,29)30)19-9-10-20(23)21(24)13-19)22(28)25-14-17-5-7-18(8-6-17)15-26-11-3-4-12-26/h5-10,13,16H,3-4,11-12,14-15H2,1-2H3,(H,25,28)/t16-/m1/s1. The number of rotatable bonds is 8. The summed E-state index contributed by atoms with van der Waals surface area (Å²) >= 11 is 0. The first-order valence-corrected chi connectivity index (χ1v) is 12.0. The predicted molar refractivity (Wildman–Crippen MR) is 116 cm³/mol. The van der Waals surface area contributed by atoms with E-state index in [2.05, 4.69) is 10.2 Å². The number of likely N-dealkylation sites (tertiary alicyclic amines) is 1. The average Bonchev–Trinajstić information content (AvgIpc) is 3.22. The number of sulfonamides is 1. The van der Waals surface area contributed by atoms with Crippen LogP contribution >= 0.6 is 0 Å². The first-order chi connectivity index (χ1) is 14.6. The lowest BCUT2D eigenvalue weighted by Crippen LogP contribution is -2.47. The van der Waals surface area contributed by atoms with Crippen LogP contribution in [0.5, 0.6) is 0 Å². The summed E-state index contributed by atoms with van der Waals surface area (Å²) in [4.78, 5) is 15.0. The largest absolute Gasteiger partial charge is 0.350 e. The molecule has 168 valence electrons. The van der Waals surface area contributed by atoms with Crippen LogP contribution < -0.4 is 9.62 Å². The number of amides is 1. The van der Waals surface area contributed by atoms with Crippen LogP contribution in [0.15, 0.2) is 42.5 Å². The van der Waals surface area contributed by atoms with E-state index in [9.17, 15) is 22.0 Å². The second-order valence-electron chi connectivity index (χ2n) is 7.85. The van der Waals surface area contributed by atoms with Gasteiger partial charge in [-0.2, -0.15) is 0 Å². The lowest BCUT2D eigenvalue weighted by Gasteiger charge is -2.28. The van der Waals surface area contributed by atoms with Crippen molar-refractivity contribution in [1.82, 2.24) is 10.2 Å². The van der Waals surface area contributed by atoms with Gasteiger partial charge in [-0.25, -0.2) is 17.2 Å². The van der Waals surface area contributed by atoms with Gasteiger partial charge in [0.2, 0.25) is 15.9 Å². The molecular formula is C22H27F2N3O3S. The number of carbonyl (C=O) groups is 1. The highest BCUT2D eigenvalue weighted by atomic mass is 32.2. The molecule has 2 aromatic carbocycles. The number of nitrogens with zero attached hydrogens (tertiary/aromatic N) is 2. The molecule has 1 amide bonds. The van der Waals surface area contributed by atoms with Crippen LogP contribution in [0, 0.1) is 11.6 Å². The van der Waals surface area contributed by atoms with E-state index in [1.807, 2.05) is 24.3 Å². The average molecular weight is 452 g/mol. The molecule has 6 nitrogen and oxygen atoms in total. The molecule has 1 fully saturated rings. The molecule has 1 heterocycles. The summed E-state index contributed by atoms with van der Waals surface area (Å²) in [5.74, 6) is -2.83. The molecule has 3 rings (SSSR count). The summed E-state index contributed by atoms with van der Waals surface area (Å²) in [6.07, 6.45) is 3.38. The van der Waals surface area contributed by atoms with Crippen LogP contribution in [0.1, 0.15) is 30.9 Å². The smallest absolute Gasteiger partial charge is 0.243 e. The minimum atomic E-state index is -3.91. The Morgan fingerprint density at radius 3 is 2.26 bits per heavy atom. The van der Waals surface area contributed by atoms with E-state index in [-0.39, 0.29) is 12.2 Å². The normalized spacial score (nSPS) is 15.6. The molecule has 9 heteroatoms. The van der Waals surface area contributed by atoms with Crippen molar-refractivity contribution in [2.24, 2.45) is 0 Å². The molecule has 0 aromatic heterocycles. The third-order valence-electron chi connectivity index (χ3n) is 5.34. The molecule has 1 saturated heterocycles. The maximum absolute atomic E-state index is 13.6. The molecule has 31 heavy (non-hydrogen) atoms. The van der Waals surface area contributed by atoms with Crippen molar-refractivity contribution in [1.29, 1.82) is 0 Å². The zero-order chi connectivity index (χ0) is 22.6. The summed E-state index contributed by atoms with van der Waals surface area (Å²) in [5, 5.41) is 2.72. The number of carbonyl (C=O) groups excluding carboxylic acids is 1. The van der Waals surface area contributed by atoms with Gasteiger partial charge in [0.1, 0.15) is 6.04 Å². The van der Waals surface area contributed by atoms with Crippen molar-refractivity contribution in [2.45, 2.75) is 38.9 Å². The molecule has 1 aliphatic rings. The Morgan fingerprint density at radius 2 is 1.68 bits per heavy atom. The number of halogens is 2. The number of nitrogens with one attached hydrogen (secondary N) is 1. The van der Waals surface area contributed by atoms with E-state index in [1.54, 1.807) is 0 Å². The number of benzene rings is 2. The van der Waals surface area contributed by atoms with Gasteiger partial charge in [0.25, 0.3) is 0 Å². The van der Waals surface area contributed by atoms with Crippen molar-refractivity contribution in [2.75, 3.05) is 23.7 Å². The molecule has 0 radical (unpaired) electrons. The molecule has 0 spiro atoms. The molecular weight excluding hydrogens is 424 g/mol. The first-order valence-electron chi connectivity index (χ1n) is 10.2. The highest BCUT2D eigenvalue weighted by molar-refractivity contribution is 7.92. The molecule has 0 aliphatic carbocycles. The molecule has 1 aliphatic heterocycles. The van der Waals surface area contributed by atoms with Gasteiger partial charge in [-0.05, 0) is 56.1 Å². The van der Waals surface area contributed by atoms with E-state index >= 15 is 0 Å². The summed E-state index contributed by atoms with van der Waals surface area (Å²) in [5.41, 5.74) is 1.96. The SMILES string of the molecule is C[C@H](C(=O)NCc1ccc(CN2CCCC2)cc1)N(c1ccc(F)c(F)c1)S(C)(=O)=O. The van der Waals surface area contributed by atoms with E-state index in [1.165, 1.54) is 25.3 Å². The van der Waals surface area contributed by atoms with Gasteiger partial charge in [-0.15, -0.1) is 0 Å². The fraction of sp³-hybridized carbons (Fsp3) is 0.409. The number of hydrogen-bond donors (Lipinski definition) is 1. The van der Waals surface area contributed by atoms with E-state index in [0.29, 0.717) is 0 Å².